The second-order valence-corrected chi connectivity index (χ2v) is 28.5. The van der Waals surface area contributed by atoms with E-state index >= 15 is 0 Å². The van der Waals surface area contributed by atoms with Crippen LogP contribution in [-0.2, 0) is 0 Å². The molecule has 0 amide bonds. The molecule has 8 aromatic rings. The van der Waals surface area contributed by atoms with E-state index in [4.69, 9.17) is 171 Å². The molecule has 0 unspecified atom stereocenters. The Morgan fingerprint density at radius 2 is 0.582 bits per heavy atom. The van der Waals surface area contributed by atoms with E-state index < -0.39 is 22.4 Å². The van der Waals surface area contributed by atoms with Crippen LogP contribution in [0.15, 0.2) is 115 Å². The van der Waals surface area contributed by atoms with Crippen molar-refractivity contribution in [2.45, 2.75) is 0 Å². The Morgan fingerprint density at radius 3 is 0.837 bits per heavy atom. The number of benzene rings is 8. The summed E-state index contributed by atoms with van der Waals surface area (Å²) in [5, 5.41) is 19.0. The molecule has 98 heavy (non-hydrogen) atoms. The van der Waals surface area contributed by atoms with Gasteiger partial charge in [0.05, 0.1) is 124 Å². The van der Waals surface area contributed by atoms with Gasteiger partial charge >= 0.3 is 11.9 Å². The Hall–Kier alpha value is -2.88. The van der Waals surface area contributed by atoms with Gasteiger partial charge in [-0.05, 0) is 274 Å². The van der Waals surface area contributed by atoms with Crippen molar-refractivity contribution in [1.29, 1.82) is 0 Å². The first-order chi connectivity index (χ1) is 46.2. The van der Waals surface area contributed by atoms with E-state index in [1.54, 1.807) is 36.4 Å². The number of methoxy groups -OCH3 is 4. The Labute approximate surface area is 710 Å². The molecule has 0 fully saturated rings. The Kier molecular flexibility index (Phi) is 45.1. The van der Waals surface area contributed by atoms with Crippen LogP contribution in [0.4, 0.5) is 22.7 Å². The predicted molar refractivity (Wildman–Crippen MR) is 442 cm³/mol. The summed E-state index contributed by atoms with van der Waals surface area (Å²) in [6.07, 6.45) is 2.94. The molecule has 16 nitrogen and oxygen atoms in total. The molecule has 0 bridgehead atoms. The minimum Gasteiger partial charge on any atom is -0.506 e. The number of carbonyl (C=O) groups excluding carboxylic acids is 4. The number of phenolic OH excluding ortho intramolecular Hbond substituents is 2. The smallest absolute Gasteiger partial charge is 0.348 e. The van der Waals surface area contributed by atoms with E-state index in [1.165, 1.54) is 102 Å². The lowest BCUT2D eigenvalue weighted by Crippen LogP contribution is -2.12. The van der Waals surface area contributed by atoms with Gasteiger partial charge in [0.2, 0.25) is 0 Å². The molecule has 0 spiro atoms. The number of halogens is 20. The molecular formula is C62H36Br4Cl12I4N4O12. The van der Waals surface area contributed by atoms with Crippen LogP contribution in [0.3, 0.4) is 0 Å². The lowest BCUT2D eigenvalue weighted by molar-refractivity contribution is 0.0719. The zero-order valence-corrected chi connectivity index (χ0v) is 73.6. The first-order valence-electron chi connectivity index (χ1n) is 24.7. The van der Waals surface area contributed by atoms with Gasteiger partial charge in [-0.1, -0.05) is 92.8 Å². The van der Waals surface area contributed by atoms with Crippen LogP contribution in [0, 0.1) is 40.6 Å². The van der Waals surface area contributed by atoms with Gasteiger partial charge in [-0.15, -0.1) is 23.2 Å². The van der Waals surface area contributed by atoms with Crippen molar-refractivity contribution in [3.05, 3.63) is 237 Å². The lowest BCUT2D eigenvalue weighted by Gasteiger charge is -2.13. The van der Waals surface area contributed by atoms with Crippen molar-refractivity contribution in [3.8, 4) is 46.0 Å². The number of alkyl halides is 2. The molecule has 516 valence electrons. The standard InChI is InChI=1S/C15H7Br2Cl2NO3.C15H7Cl2I2NO3.2C8H5Cl3O2.C7H3Br2NO.C7H3I2NO.2CH3Cl/c1-20-7-5-8(16)13(9(17)6-7)23-15(21)12-10(18)3-4-11(19)14(12)22-2;1-20-7-5-10(18)14(11(19)6-7)23-15(21)12-8(16)3-4-9(17)13(12)22-2;2*1-13-7-5(10)3-2-4(9)6(7)8(11)12;2*1-10-4-2-5(8)7(11)6(9)3-4;2*1-2/h2*3-6H,2H3;2*2-3H,1H3;2*2-3,11H;2*1H3. The average Bonchev–Trinajstić information content (AvgIpc) is 0.812. The summed E-state index contributed by atoms with van der Waals surface area (Å²) in [6, 6.07) is 24.9. The maximum Gasteiger partial charge on any atom is 0.348 e. The summed E-state index contributed by atoms with van der Waals surface area (Å²) >= 11 is 87.8. The highest BCUT2D eigenvalue weighted by Crippen LogP contribution is 2.43. The fraction of sp³-hybridized carbons (Fsp3) is 0.0968. The normalized spacial score (nSPS) is 9.53. The fourth-order valence-electron chi connectivity index (χ4n) is 6.62. The zero-order valence-electron chi connectivity index (χ0n) is 49.6. The summed E-state index contributed by atoms with van der Waals surface area (Å²) in [5.74, 6) is 0.259. The van der Waals surface area contributed by atoms with E-state index in [0.29, 0.717) is 63.6 Å². The molecule has 0 aromatic heterocycles. The summed E-state index contributed by atoms with van der Waals surface area (Å²) in [5.41, 5.74) is 2.19. The Bertz CT molecular complexity index is 4060. The zero-order chi connectivity index (χ0) is 75.2. The number of rotatable bonds is 10. The second kappa shape index (κ2) is 47.5. The molecule has 2 N–H and O–H groups in total. The quantitative estimate of drug-likeness (QED) is 0.0331. The van der Waals surface area contributed by atoms with Crippen LogP contribution in [0.5, 0.6) is 46.0 Å². The van der Waals surface area contributed by atoms with E-state index in [2.05, 4.69) is 106 Å². The largest absolute Gasteiger partial charge is 0.506 e. The molecule has 0 aliphatic carbocycles. The van der Waals surface area contributed by atoms with Crippen molar-refractivity contribution in [1.82, 2.24) is 0 Å². The van der Waals surface area contributed by atoms with Crippen molar-refractivity contribution >= 4 is 338 Å². The number of aromatic hydroxyl groups is 2. The molecule has 0 saturated heterocycles. The number of phenols is 2. The van der Waals surface area contributed by atoms with Gasteiger partial charge in [0.1, 0.15) is 22.6 Å². The van der Waals surface area contributed by atoms with Gasteiger partial charge in [0.15, 0.2) is 57.2 Å². The van der Waals surface area contributed by atoms with Crippen LogP contribution >= 0.6 is 293 Å². The van der Waals surface area contributed by atoms with Gasteiger partial charge in [-0.3, -0.25) is 9.59 Å². The van der Waals surface area contributed by atoms with Gasteiger partial charge < -0.3 is 38.6 Å². The third-order valence-corrected chi connectivity index (χ3v) is 19.2. The van der Waals surface area contributed by atoms with Gasteiger partial charge in [0.25, 0.3) is 10.5 Å². The molecule has 8 aromatic carbocycles. The van der Waals surface area contributed by atoms with Crippen molar-refractivity contribution in [3.63, 3.8) is 0 Å². The van der Waals surface area contributed by atoms with Crippen molar-refractivity contribution in [2.75, 3.05) is 41.2 Å². The number of carbonyl (C=O) groups is 4. The summed E-state index contributed by atoms with van der Waals surface area (Å²) < 4.78 is 35.6. The number of esters is 2. The summed E-state index contributed by atoms with van der Waals surface area (Å²) in [6.45, 7) is 27.5. The summed E-state index contributed by atoms with van der Waals surface area (Å²) in [4.78, 5) is 60.0. The first-order valence-corrected chi connectivity index (χ1v) is 37.5. The Morgan fingerprint density at radius 1 is 0.357 bits per heavy atom. The highest BCUT2D eigenvalue weighted by atomic mass is 127. The molecule has 0 heterocycles. The van der Waals surface area contributed by atoms with Gasteiger partial charge in [-0.25, -0.2) is 29.0 Å². The van der Waals surface area contributed by atoms with Crippen LogP contribution in [-0.4, -0.2) is 73.8 Å². The molecule has 0 radical (unpaired) electrons. The predicted octanol–water partition coefficient (Wildman–Crippen LogP) is 27.4. The van der Waals surface area contributed by atoms with Crippen molar-refractivity contribution < 1.29 is 57.8 Å². The number of nitrogens with zero attached hydrogens (tertiary/aromatic N) is 4. The van der Waals surface area contributed by atoms with Crippen LogP contribution in [0.1, 0.15) is 41.4 Å². The average molecular weight is 2280 g/mol. The van der Waals surface area contributed by atoms with Crippen LogP contribution in [0.2, 0.25) is 40.2 Å². The SMILES string of the molecule is CCl.CCl.COc1c(Cl)ccc(Cl)c1C(=O)Cl.COc1c(Cl)ccc(Cl)c1C(=O)Cl.[C-]#[N+]c1cc(Br)c(O)c(Br)c1.[C-]#[N+]c1cc(Br)c(OC(=O)c2c(Cl)ccc(Cl)c2OC)c(Br)c1.[C-]#[N+]c1cc(I)c(O)c(I)c1.[C-]#[N+]c1cc(I)c(OC(=O)c2c(Cl)ccc(Cl)c2OC)c(I)c1. The third-order valence-electron chi connectivity index (χ3n) is 10.7. The Balaban J connectivity index is 0.000000598. The molecule has 0 saturated carbocycles. The monoisotopic (exact) mass is 2270 g/mol. The topological polar surface area (TPSA) is 182 Å². The summed E-state index contributed by atoms with van der Waals surface area (Å²) in [7, 11) is 5.55. The minimum atomic E-state index is -0.730. The van der Waals surface area contributed by atoms with E-state index in [-0.39, 0.29) is 92.6 Å². The molecule has 8 rings (SSSR count). The molecule has 0 aliphatic heterocycles. The fourth-order valence-corrected chi connectivity index (χ4v) is 15.1. The maximum absolute atomic E-state index is 12.5. The molecule has 0 atom stereocenters. The van der Waals surface area contributed by atoms with Gasteiger partial charge in [0, 0.05) is 27.0 Å². The second-order valence-electron chi connectivity index (χ2n) is 16.5. The number of ether oxygens (including phenoxy) is 6. The van der Waals surface area contributed by atoms with E-state index in [9.17, 15) is 29.4 Å². The highest BCUT2D eigenvalue weighted by molar-refractivity contribution is 14.1. The third kappa shape index (κ3) is 27.6. The molecule has 0 aliphatic rings. The van der Waals surface area contributed by atoms with Crippen LogP contribution < -0.4 is 28.4 Å². The van der Waals surface area contributed by atoms with Gasteiger partial charge in [-0.2, -0.15) is 0 Å². The molecular weight excluding hydrogens is 2250 g/mol. The van der Waals surface area contributed by atoms with Crippen LogP contribution in [0.25, 0.3) is 19.4 Å². The highest BCUT2D eigenvalue weighted by Gasteiger charge is 2.26. The lowest BCUT2D eigenvalue weighted by atomic mass is 10.2. The molecule has 36 heteroatoms. The minimum absolute atomic E-state index is 0.0229. The maximum atomic E-state index is 12.5. The van der Waals surface area contributed by atoms with Crippen molar-refractivity contribution in [2.24, 2.45) is 0 Å². The number of hydrogen-bond donors (Lipinski definition) is 2. The van der Waals surface area contributed by atoms with E-state index in [0.717, 1.165) is 7.14 Å². The first kappa shape index (κ1) is 93.1. The van der Waals surface area contributed by atoms with E-state index in [1.807, 2.05) is 90.4 Å². The number of hydrogen-bond acceptors (Lipinski definition) is 12.